The quantitative estimate of drug-likeness (QED) is 0.265. The molecule has 1 aliphatic carbocycles. The molecular formula is C31H32ClF2N3O2. The monoisotopic (exact) mass is 551 g/mol. The summed E-state index contributed by atoms with van der Waals surface area (Å²) in [6.45, 7) is 13.4. The first-order valence-electron chi connectivity index (χ1n) is 12.7. The third kappa shape index (κ3) is 5.83. The fourth-order valence-electron chi connectivity index (χ4n) is 5.19. The van der Waals surface area contributed by atoms with Gasteiger partial charge in [0.15, 0.2) is 6.17 Å². The van der Waals surface area contributed by atoms with Crippen LogP contribution in [-0.4, -0.2) is 18.0 Å². The van der Waals surface area contributed by atoms with Gasteiger partial charge < -0.3 is 16.0 Å². The maximum absolute atomic E-state index is 14.3. The van der Waals surface area contributed by atoms with Crippen LogP contribution in [0.25, 0.3) is 0 Å². The summed E-state index contributed by atoms with van der Waals surface area (Å²) in [4.78, 5) is 25.0. The van der Waals surface area contributed by atoms with E-state index in [0.29, 0.717) is 11.6 Å². The van der Waals surface area contributed by atoms with E-state index in [2.05, 4.69) is 67.6 Å². The second-order valence-corrected chi connectivity index (χ2v) is 11.1. The first kappa shape index (κ1) is 28.3. The van der Waals surface area contributed by atoms with E-state index in [9.17, 15) is 18.4 Å². The number of rotatable bonds is 8. The van der Waals surface area contributed by atoms with Crippen molar-refractivity contribution in [1.82, 2.24) is 0 Å². The molecule has 1 aliphatic rings. The summed E-state index contributed by atoms with van der Waals surface area (Å²) < 4.78 is 27.7. The highest BCUT2D eigenvalue weighted by molar-refractivity contribution is 6.34. The molecule has 3 atom stereocenters. The van der Waals surface area contributed by atoms with Crippen LogP contribution >= 0.6 is 11.6 Å². The molecule has 3 aromatic rings. The number of carbonyl (C=O) groups is 2. The molecule has 5 nitrogen and oxygen atoms in total. The molecule has 4 rings (SSSR count). The maximum atomic E-state index is 14.3. The first-order valence-corrected chi connectivity index (χ1v) is 13.1. The smallest absolute Gasteiger partial charge is 0.258 e. The number of halogens is 3. The van der Waals surface area contributed by atoms with Crippen LogP contribution in [0.2, 0.25) is 5.02 Å². The highest BCUT2D eigenvalue weighted by Crippen LogP contribution is 2.67. The van der Waals surface area contributed by atoms with E-state index >= 15 is 0 Å². The van der Waals surface area contributed by atoms with Crippen molar-refractivity contribution in [2.45, 2.75) is 46.7 Å². The SMILES string of the molecule is C=C(Nc1ccc(Cl)c(C(=O)Nc2ccc(F)c(NC(=O)C(C)F)c2C)c1)C1C(c2cccc(C)c2)C1(C)C. The number of carbonyl (C=O) groups excluding carboxylic acids is 2. The third-order valence-corrected chi connectivity index (χ3v) is 7.72. The largest absolute Gasteiger partial charge is 0.359 e. The fourth-order valence-corrected chi connectivity index (χ4v) is 5.40. The minimum atomic E-state index is -1.82. The van der Waals surface area contributed by atoms with E-state index in [4.69, 9.17) is 11.6 Å². The Morgan fingerprint density at radius 1 is 1.03 bits per heavy atom. The number of hydrogen-bond acceptors (Lipinski definition) is 3. The van der Waals surface area contributed by atoms with Gasteiger partial charge in [0.1, 0.15) is 5.82 Å². The molecule has 204 valence electrons. The zero-order valence-electron chi connectivity index (χ0n) is 22.6. The summed E-state index contributed by atoms with van der Waals surface area (Å²) in [6, 6.07) is 16.0. The predicted octanol–water partition coefficient (Wildman–Crippen LogP) is 8.01. The Labute approximate surface area is 232 Å². The number of anilines is 3. The average Bonchev–Trinajstić information content (AvgIpc) is 3.46. The Kier molecular flexibility index (Phi) is 7.84. The molecule has 0 heterocycles. The summed E-state index contributed by atoms with van der Waals surface area (Å²) in [5.41, 5.74) is 4.51. The molecule has 0 saturated heterocycles. The molecule has 1 fully saturated rings. The lowest BCUT2D eigenvalue weighted by Crippen LogP contribution is -2.23. The van der Waals surface area contributed by atoms with Crippen LogP contribution in [0.3, 0.4) is 0 Å². The number of allylic oxidation sites excluding steroid dienone is 1. The molecular weight excluding hydrogens is 520 g/mol. The van der Waals surface area contributed by atoms with Gasteiger partial charge >= 0.3 is 0 Å². The van der Waals surface area contributed by atoms with Gasteiger partial charge in [-0.3, -0.25) is 9.59 Å². The predicted molar refractivity (Wildman–Crippen MR) is 154 cm³/mol. The molecule has 0 spiro atoms. The van der Waals surface area contributed by atoms with Crippen LogP contribution in [0.4, 0.5) is 25.8 Å². The lowest BCUT2D eigenvalue weighted by Gasteiger charge is -2.16. The number of benzene rings is 3. The Balaban J connectivity index is 1.51. The Hall–Kier alpha value is -3.71. The van der Waals surface area contributed by atoms with Gasteiger partial charge in [-0.15, -0.1) is 0 Å². The lowest BCUT2D eigenvalue weighted by atomic mass is 10.0. The first-order chi connectivity index (χ1) is 18.3. The van der Waals surface area contributed by atoms with Gasteiger partial charge in [-0.05, 0) is 73.6 Å². The molecule has 1 saturated carbocycles. The highest BCUT2D eigenvalue weighted by atomic mass is 35.5. The van der Waals surface area contributed by atoms with E-state index in [0.717, 1.165) is 18.7 Å². The zero-order chi connectivity index (χ0) is 28.6. The van der Waals surface area contributed by atoms with Gasteiger partial charge in [0.05, 0.1) is 16.3 Å². The van der Waals surface area contributed by atoms with Crippen molar-refractivity contribution in [2.24, 2.45) is 11.3 Å². The van der Waals surface area contributed by atoms with Gasteiger partial charge in [-0.1, -0.05) is 61.9 Å². The molecule has 8 heteroatoms. The number of alkyl halides is 1. The van der Waals surface area contributed by atoms with E-state index in [-0.39, 0.29) is 38.9 Å². The third-order valence-electron chi connectivity index (χ3n) is 7.39. The number of aryl methyl sites for hydroxylation is 1. The van der Waals surface area contributed by atoms with Crippen molar-refractivity contribution in [3.05, 3.63) is 100.0 Å². The standard InChI is InChI=1S/C31H32ClF2N3O2/c1-16-8-7-9-20(14-16)27-26(31(27,5)6)19(4)35-21-10-11-23(32)22(15-21)30(39)36-25-13-12-24(34)28(17(25)2)37-29(38)18(3)33/h7-15,18,26-27,35H,4H2,1-3,5-6H3,(H,36,39)(H,37,38). The molecule has 3 unspecified atom stereocenters. The van der Waals surface area contributed by atoms with Crippen LogP contribution < -0.4 is 16.0 Å². The molecule has 39 heavy (non-hydrogen) atoms. The van der Waals surface area contributed by atoms with E-state index in [1.54, 1.807) is 18.2 Å². The number of amides is 2. The molecule has 3 N–H and O–H groups in total. The minimum absolute atomic E-state index is 0.0255. The summed E-state index contributed by atoms with van der Waals surface area (Å²) in [5.74, 6) is -1.72. The molecule has 0 bridgehead atoms. The van der Waals surface area contributed by atoms with Crippen molar-refractivity contribution in [2.75, 3.05) is 16.0 Å². The molecule has 0 aliphatic heterocycles. The van der Waals surface area contributed by atoms with E-state index in [1.165, 1.54) is 24.1 Å². The number of hydrogen-bond donors (Lipinski definition) is 3. The zero-order valence-corrected chi connectivity index (χ0v) is 23.3. The normalized spacial score (nSPS) is 18.2. The Bertz CT molecular complexity index is 1470. The van der Waals surface area contributed by atoms with E-state index < -0.39 is 23.8 Å². The van der Waals surface area contributed by atoms with Crippen molar-refractivity contribution in [3.63, 3.8) is 0 Å². The molecule has 0 aromatic heterocycles. The van der Waals surface area contributed by atoms with E-state index in [1.807, 2.05) is 0 Å². The van der Waals surface area contributed by atoms with Crippen molar-refractivity contribution in [1.29, 1.82) is 0 Å². The van der Waals surface area contributed by atoms with Crippen LogP contribution in [0.5, 0.6) is 0 Å². The molecule has 3 aromatic carbocycles. The minimum Gasteiger partial charge on any atom is -0.359 e. The van der Waals surface area contributed by atoms with Gasteiger partial charge in [0, 0.05) is 23.0 Å². The Morgan fingerprint density at radius 3 is 2.41 bits per heavy atom. The van der Waals surface area contributed by atoms with Crippen LogP contribution in [0.1, 0.15) is 53.7 Å². The molecule has 0 radical (unpaired) electrons. The maximum Gasteiger partial charge on any atom is 0.258 e. The summed E-state index contributed by atoms with van der Waals surface area (Å²) >= 11 is 6.36. The van der Waals surface area contributed by atoms with Gasteiger partial charge in [0.25, 0.3) is 11.8 Å². The summed E-state index contributed by atoms with van der Waals surface area (Å²) in [5, 5.41) is 8.53. The Morgan fingerprint density at radius 2 is 1.74 bits per heavy atom. The van der Waals surface area contributed by atoms with Gasteiger partial charge in [-0.25, -0.2) is 8.78 Å². The summed E-state index contributed by atoms with van der Waals surface area (Å²) in [6.07, 6.45) is -1.82. The van der Waals surface area contributed by atoms with Crippen molar-refractivity contribution >= 4 is 40.5 Å². The van der Waals surface area contributed by atoms with Crippen LogP contribution in [0.15, 0.2) is 66.9 Å². The molecule has 2 amide bonds. The number of nitrogens with one attached hydrogen (secondary N) is 3. The van der Waals surface area contributed by atoms with Crippen LogP contribution in [-0.2, 0) is 4.79 Å². The average molecular weight is 552 g/mol. The highest BCUT2D eigenvalue weighted by Gasteiger charge is 2.59. The van der Waals surface area contributed by atoms with Crippen LogP contribution in [0, 0.1) is 31.0 Å². The lowest BCUT2D eigenvalue weighted by molar-refractivity contribution is -0.120. The second-order valence-electron chi connectivity index (χ2n) is 10.7. The second kappa shape index (κ2) is 10.8. The van der Waals surface area contributed by atoms with Crippen molar-refractivity contribution < 1.29 is 18.4 Å². The fraction of sp³-hybridized carbons (Fsp3) is 0.290. The summed E-state index contributed by atoms with van der Waals surface area (Å²) in [7, 11) is 0. The van der Waals surface area contributed by atoms with Gasteiger partial charge in [-0.2, -0.15) is 0 Å². The van der Waals surface area contributed by atoms with Crippen molar-refractivity contribution in [3.8, 4) is 0 Å². The van der Waals surface area contributed by atoms with Gasteiger partial charge in [0.2, 0.25) is 0 Å². The topological polar surface area (TPSA) is 70.2 Å².